The quantitative estimate of drug-likeness (QED) is 0.544. The Bertz CT molecular complexity index is 1180. The van der Waals surface area contributed by atoms with Crippen LogP contribution in [0.5, 0.6) is 5.75 Å². The maximum absolute atomic E-state index is 13.2. The van der Waals surface area contributed by atoms with Crippen molar-refractivity contribution in [2.75, 3.05) is 24.7 Å². The van der Waals surface area contributed by atoms with Crippen LogP contribution in [0, 0.1) is 6.92 Å². The Hall–Kier alpha value is -4.13. The van der Waals surface area contributed by atoms with E-state index in [1.54, 1.807) is 29.2 Å². The lowest BCUT2D eigenvalue weighted by molar-refractivity contribution is -0.147. The summed E-state index contributed by atoms with van der Waals surface area (Å²) in [6, 6.07) is 23.7. The van der Waals surface area contributed by atoms with E-state index in [1.165, 1.54) is 0 Å². The van der Waals surface area contributed by atoms with E-state index in [0.717, 1.165) is 11.1 Å². The van der Waals surface area contributed by atoms with E-state index in [1.807, 2.05) is 61.5 Å². The minimum absolute atomic E-state index is 0.0351. The van der Waals surface area contributed by atoms with Crippen LogP contribution in [-0.4, -0.2) is 37.5 Å². The lowest BCUT2D eigenvalue weighted by Crippen LogP contribution is -2.43. The third kappa shape index (κ3) is 5.43. The van der Waals surface area contributed by atoms with E-state index in [4.69, 9.17) is 9.47 Å². The molecule has 0 saturated carbocycles. The summed E-state index contributed by atoms with van der Waals surface area (Å²) in [4.78, 5) is 39.2. The number of nitrogens with one attached hydrogen (secondary N) is 1. The number of benzene rings is 3. The number of para-hydroxylation sites is 2. The summed E-state index contributed by atoms with van der Waals surface area (Å²) in [5.41, 5.74) is 3.06. The maximum atomic E-state index is 13.2. The van der Waals surface area contributed by atoms with Gasteiger partial charge in [0.05, 0.1) is 18.2 Å². The van der Waals surface area contributed by atoms with E-state index in [2.05, 4.69) is 5.32 Å². The molecule has 0 bridgehead atoms. The minimum atomic E-state index is -0.560. The zero-order chi connectivity index (χ0) is 23.9. The summed E-state index contributed by atoms with van der Waals surface area (Å²) in [5, 5.41) is 2.70. The zero-order valence-corrected chi connectivity index (χ0v) is 18.9. The Morgan fingerprint density at radius 2 is 1.76 bits per heavy atom. The van der Waals surface area contributed by atoms with Crippen LogP contribution < -0.4 is 15.0 Å². The first-order valence-corrected chi connectivity index (χ1v) is 11.1. The average molecular weight is 459 g/mol. The Kier molecular flexibility index (Phi) is 7.22. The molecule has 34 heavy (non-hydrogen) atoms. The Morgan fingerprint density at radius 3 is 2.56 bits per heavy atom. The molecule has 0 saturated heterocycles. The number of fused-ring (bicyclic) bond motifs is 1. The number of anilines is 1. The monoisotopic (exact) mass is 458 g/mol. The summed E-state index contributed by atoms with van der Waals surface area (Å²) >= 11 is 0. The maximum Gasteiger partial charge on any atom is 0.308 e. The molecule has 1 atom stereocenters. The number of hydrogen-bond acceptors (Lipinski definition) is 5. The fourth-order valence-electron chi connectivity index (χ4n) is 3.87. The SMILES string of the molecule is Cc1cccc(C(=O)NCCC(=O)OCC(=O)N2c3ccccc3OCC2c2ccccc2)c1. The Labute approximate surface area is 198 Å². The normalized spacial score (nSPS) is 14.5. The second-order valence-corrected chi connectivity index (χ2v) is 8.01. The molecule has 1 N–H and O–H groups in total. The second kappa shape index (κ2) is 10.7. The first kappa shape index (κ1) is 23.0. The number of hydrogen-bond donors (Lipinski definition) is 1. The van der Waals surface area contributed by atoms with Crippen molar-refractivity contribution in [2.45, 2.75) is 19.4 Å². The molecular formula is C27H26N2O5. The molecule has 7 heteroatoms. The van der Waals surface area contributed by atoms with E-state index < -0.39 is 12.6 Å². The van der Waals surface area contributed by atoms with Gasteiger partial charge in [0.2, 0.25) is 0 Å². The molecule has 1 aliphatic rings. The summed E-state index contributed by atoms with van der Waals surface area (Å²) < 4.78 is 11.1. The Balaban J connectivity index is 1.35. The second-order valence-electron chi connectivity index (χ2n) is 8.01. The van der Waals surface area contributed by atoms with Gasteiger partial charge in [-0.2, -0.15) is 0 Å². The van der Waals surface area contributed by atoms with E-state index >= 15 is 0 Å². The van der Waals surface area contributed by atoms with Crippen LogP contribution in [0.2, 0.25) is 0 Å². The highest BCUT2D eigenvalue weighted by molar-refractivity contribution is 5.98. The number of esters is 1. The highest BCUT2D eigenvalue weighted by Gasteiger charge is 2.33. The van der Waals surface area contributed by atoms with Crippen LogP contribution in [0.4, 0.5) is 5.69 Å². The molecule has 2 amide bonds. The van der Waals surface area contributed by atoms with Crippen molar-refractivity contribution in [2.24, 2.45) is 0 Å². The standard InChI is InChI=1S/C27H26N2O5/c1-19-8-7-11-21(16-19)27(32)28-15-14-26(31)34-18-25(30)29-22-12-5-6-13-24(22)33-17-23(29)20-9-3-2-4-10-20/h2-13,16,23H,14-15,17-18H2,1H3,(H,28,32). The number of ether oxygens (including phenoxy) is 2. The molecule has 3 aromatic carbocycles. The predicted molar refractivity (Wildman–Crippen MR) is 128 cm³/mol. The fraction of sp³-hybridized carbons (Fsp3) is 0.222. The number of amides is 2. The van der Waals surface area contributed by atoms with Crippen molar-refractivity contribution in [3.8, 4) is 5.75 Å². The van der Waals surface area contributed by atoms with Gasteiger partial charge < -0.3 is 14.8 Å². The van der Waals surface area contributed by atoms with Crippen molar-refractivity contribution >= 4 is 23.5 Å². The molecule has 0 fully saturated rings. The zero-order valence-electron chi connectivity index (χ0n) is 18.9. The minimum Gasteiger partial charge on any atom is -0.489 e. The van der Waals surface area contributed by atoms with Gasteiger partial charge >= 0.3 is 5.97 Å². The van der Waals surface area contributed by atoms with Crippen molar-refractivity contribution in [1.29, 1.82) is 0 Å². The number of aryl methyl sites for hydroxylation is 1. The molecule has 1 aliphatic heterocycles. The smallest absolute Gasteiger partial charge is 0.308 e. The number of rotatable bonds is 7. The summed E-state index contributed by atoms with van der Waals surface area (Å²) in [6.07, 6.45) is -0.0351. The van der Waals surface area contributed by atoms with Crippen molar-refractivity contribution < 1.29 is 23.9 Å². The third-order valence-electron chi connectivity index (χ3n) is 5.54. The van der Waals surface area contributed by atoms with Gasteiger partial charge in [0.15, 0.2) is 6.61 Å². The first-order chi connectivity index (χ1) is 16.5. The Morgan fingerprint density at radius 1 is 1.00 bits per heavy atom. The highest BCUT2D eigenvalue weighted by atomic mass is 16.5. The van der Waals surface area contributed by atoms with Crippen LogP contribution in [-0.2, 0) is 14.3 Å². The summed E-state index contributed by atoms with van der Waals surface area (Å²) in [5.74, 6) is -0.561. The number of nitrogens with zero attached hydrogens (tertiary/aromatic N) is 1. The molecule has 4 rings (SSSR count). The van der Waals surface area contributed by atoms with Crippen LogP contribution in [0.25, 0.3) is 0 Å². The van der Waals surface area contributed by atoms with Gasteiger partial charge in [-0.25, -0.2) is 0 Å². The molecule has 7 nitrogen and oxygen atoms in total. The molecule has 0 aromatic heterocycles. The van der Waals surface area contributed by atoms with Gasteiger partial charge in [-0.05, 0) is 36.8 Å². The number of carbonyl (C=O) groups is 3. The van der Waals surface area contributed by atoms with Crippen LogP contribution in [0.1, 0.15) is 33.9 Å². The van der Waals surface area contributed by atoms with E-state index in [9.17, 15) is 14.4 Å². The molecule has 1 heterocycles. The molecule has 174 valence electrons. The molecule has 0 radical (unpaired) electrons. The van der Waals surface area contributed by atoms with Crippen LogP contribution >= 0.6 is 0 Å². The molecule has 0 aliphatic carbocycles. The highest BCUT2D eigenvalue weighted by Crippen LogP contribution is 2.39. The average Bonchev–Trinajstić information content (AvgIpc) is 2.87. The van der Waals surface area contributed by atoms with Crippen molar-refractivity contribution in [3.63, 3.8) is 0 Å². The van der Waals surface area contributed by atoms with E-state index in [-0.39, 0.29) is 30.8 Å². The topological polar surface area (TPSA) is 84.9 Å². The van der Waals surface area contributed by atoms with Gasteiger partial charge in [-0.1, -0.05) is 60.2 Å². The van der Waals surface area contributed by atoms with E-state index in [0.29, 0.717) is 23.6 Å². The van der Waals surface area contributed by atoms with Crippen molar-refractivity contribution in [3.05, 3.63) is 95.6 Å². The molecule has 0 spiro atoms. The first-order valence-electron chi connectivity index (χ1n) is 11.1. The lowest BCUT2D eigenvalue weighted by Gasteiger charge is -2.37. The number of carbonyl (C=O) groups excluding carboxylic acids is 3. The largest absolute Gasteiger partial charge is 0.489 e. The summed E-state index contributed by atoms with van der Waals surface area (Å²) in [7, 11) is 0. The van der Waals surface area contributed by atoms with Gasteiger partial charge in [0.1, 0.15) is 12.4 Å². The van der Waals surface area contributed by atoms with Gasteiger partial charge in [-0.3, -0.25) is 19.3 Å². The molecular weight excluding hydrogens is 432 g/mol. The summed E-state index contributed by atoms with van der Waals surface area (Å²) in [6.45, 7) is 1.92. The van der Waals surface area contributed by atoms with Crippen LogP contribution in [0.15, 0.2) is 78.9 Å². The van der Waals surface area contributed by atoms with Gasteiger partial charge in [0.25, 0.3) is 11.8 Å². The van der Waals surface area contributed by atoms with Gasteiger partial charge in [0, 0.05) is 12.1 Å². The molecule has 1 unspecified atom stereocenters. The third-order valence-corrected chi connectivity index (χ3v) is 5.54. The fourth-order valence-corrected chi connectivity index (χ4v) is 3.87. The van der Waals surface area contributed by atoms with Gasteiger partial charge in [-0.15, -0.1) is 0 Å². The molecule has 3 aromatic rings. The van der Waals surface area contributed by atoms with Crippen LogP contribution in [0.3, 0.4) is 0 Å². The lowest BCUT2D eigenvalue weighted by atomic mass is 10.0. The predicted octanol–water partition coefficient (Wildman–Crippen LogP) is 3.83. The van der Waals surface area contributed by atoms with Crippen molar-refractivity contribution in [1.82, 2.24) is 5.32 Å².